The first-order valence-electron chi connectivity index (χ1n) is 4.39. The second kappa shape index (κ2) is 3.58. The second-order valence-corrected chi connectivity index (χ2v) is 5.22. The molecule has 0 saturated heterocycles. The van der Waals surface area contributed by atoms with Gasteiger partial charge in [0.2, 0.25) is 0 Å². The van der Waals surface area contributed by atoms with E-state index in [4.69, 9.17) is 0 Å². The molecule has 0 aliphatic heterocycles. The normalized spacial score (nSPS) is 11.0. The van der Waals surface area contributed by atoms with Crippen LogP contribution in [0.5, 0.6) is 0 Å². The van der Waals surface area contributed by atoms with Crippen molar-refractivity contribution >= 4 is 44.0 Å². The van der Waals surface area contributed by atoms with Crippen LogP contribution in [0.25, 0.3) is 10.1 Å². The van der Waals surface area contributed by atoms with E-state index in [1.54, 1.807) is 0 Å². The standard InChI is InChI=1S/C11H11IS/c1-3-8-7(2)4-5-9-10(12)6-13-11(8)9/h4-6H,3H2,1-2H3. The molecule has 0 unspecified atom stereocenters. The summed E-state index contributed by atoms with van der Waals surface area (Å²) >= 11 is 4.28. The second-order valence-electron chi connectivity index (χ2n) is 3.17. The Balaban J connectivity index is 2.85. The van der Waals surface area contributed by atoms with Crippen molar-refractivity contribution in [1.29, 1.82) is 0 Å². The van der Waals surface area contributed by atoms with Crippen molar-refractivity contribution in [3.05, 3.63) is 32.2 Å². The largest absolute Gasteiger partial charge is 0.142 e. The van der Waals surface area contributed by atoms with Crippen LogP contribution < -0.4 is 0 Å². The van der Waals surface area contributed by atoms with Gasteiger partial charge in [0, 0.05) is 19.0 Å². The molecular formula is C11H11IS. The van der Waals surface area contributed by atoms with E-state index in [1.807, 2.05) is 11.3 Å². The third-order valence-corrected chi connectivity index (χ3v) is 4.76. The average molecular weight is 302 g/mol. The van der Waals surface area contributed by atoms with Crippen LogP contribution in [0.4, 0.5) is 0 Å². The van der Waals surface area contributed by atoms with E-state index in [0.717, 1.165) is 6.42 Å². The van der Waals surface area contributed by atoms with Gasteiger partial charge >= 0.3 is 0 Å². The molecule has 1 heterocycles. The Morgan fingerprint density at radius 3 is 2.85 bits per heavy atom. The Morgan fingerprint density at radius 1 is 1.38 bits per heavy atom. The minimum atomic E-state index is 1.14. The van der Waals surface area contributed by atoms with Gasteiger partial charge in [-0.2, -0.15) is 0 Å². The topological polar surface area (TPSA) is 0 Å². The van der Waals surface area contributed by atoms with Crippen LogP contribution in [0.2, 0.25) is 0 Å². The first-order chi connectivity index (χ1) is 6.24. The van der Waals surface area contributed by atoms with Crippen molar-refractivity contribution in [3.8, 4) is 0 Å². The molecule has 0 aliphatic rings. The zero-order chi connectivity index (χ0) is 9.42. The van der Waals surface area contributed by atoms with Crippen molar-refractivity contribution in [1.82, 2.24) is 0 Å². The van der Waals surface area contributed by atoms with Crippen molar-refractivity contribution in [2.45, 2.75) is 20.3 Å². The molecule has 0 radical (unpaired) electrons. The first kappa shape index (κ1) is 9.46. The van der Waals surface area contributed by atoms with Gasteiger partial charge < -0.3 is 0 Å². The molecule has 0 bridgehead atoms. The number of hydrogen-bond donors (Lipinski definition) is 0. The molecule has 0 spiro atoms. The molecule has 0 N–H and O–H groups in total. The summed E-state index contributed by atoms with van der Waals surface area (Å²) < 4.78 is 2.86. The zero-order valence-electron chi connectivity index (χ0n) is 7.73. The molecular weight excluding hydrogens is 291 g/mol. The Morgan fingerprint density at radius 2 is 2.15 bits per heavy atom. The summed E-state index contributed by atoms with van der Waals surface area (Å²) in [5, 5.41) is 3.66. The highest BCUT2D eigenvalue weighted by Crippen LogP contribution is 2.31. The fraction of sp³-hybridized carbons (Fsp3) is 0.273. The molecule has 0 saturated carbocycles. The van der Waals surface area contributed by atoms with Gasteiger partial charge in [-0.1, -0.05) is 19.1 Å². The number of rotatable bonds is 1. The summed E-state index contributed by atoms with van der Waals surface area (Å²) in [7, 11) is 0. The van der Waals surface area contributed by atoms with Gasteiger partial charge in [0.15, 0.2) is 0 Å². The Hall–Kier alpha value is -0.0900. The molecule has 1 aromatic heterocycles. The number of thiophene rings is 1. The lowest BCUT2D eigenvalue weighted by Crippen LogP contribution is -1.85. The quantitative estimate of drug-likeness (QED) is 0.686. The minimum absolute atomic E-state index is 1.14. The summed E-state index contributed by atoms with van der Waals surface area (Å²) in [6.45, 7) is 4.43. The molecule has 68 valence electrons. The molecule has 13 heavy (non-hydrogen) atoms. The third kappa shape index (κ3) is 1.50. The van der Waals surface area contributed by atoms with Gasteiger partial charge in [0.05, 0.1) is 0 Å². The lowest BCUT2D eigenvalue weighted by Gasteiger charge is -2.03. The van der Waals surface area contributed by atoms with Crippen molar-refractivity contribution in [2.24, 2.45) is 0 Å². The van der Waals surface area contributed by atoms with Crippen LogP contribution in [0, 0.1) is 10.5 Å². The smallest absolute Gasteiger partial charge is 0.0388 e. The fourth-order valence-corrected chi connectivity index (χ4v) is 3.78. The van der Waals surface area contributed by atoms with Crippen LogP contribution in [0.1, 0.15) is 18.1 Å². The predicted octanol–water partition coefficient (Wildman–Crippen LogP) is 4.38. The maximum Gasteiger partial charge on any atom is 0.0388 e. The fourth-order valence-electron chi connectivity index (χ4n) is 1.66. The molecule has 0 nitrogen and oxygen atoms in total. The first-order valence-corrected chi connectivity index (χ1v) is 6.35. The molecule has 0 atom stereocenters. The number of halogens is 1. The van der Waals surface area contributed by atoms with E-state index in [2.05, 4.69) is 54.0 Å². The molecule has 2 rings (SSSR count). The highest BCUT2D eigenvalue weighted by molar-refractivity contribution is 14.1. The van der Waals surface area contributed by atoms with Crippen molar-refractivity contribution in [3.63, 3.8) is 0 Å². The molecule has 0 amide bonds. The number of fused-ring (bicyclic) bond motifs is 1. The van der Waals surface area contributed by atoms with E-state index in [0.29, 0.717) is 0 Å². The molecule has 0 fully saturated rings. The highest BCUT2D eigenvalue weighted by Gasteiger charge is 2.06. The summed E-state index contributed by atoms with van der Waals surface area (Å²) in [6, 6.07) is 4.47. The van der Waals surface area contributed by atoms with Gasteiger partial charge in [-0.15, -0.1) is 11.3 Å². The molecule has 0 aliphatic carbocycles. The van der Waals surface area contributed by atoms with E-state index in [-0.39, 0.29) is 0 Å². The summed E-state index contributed by atoms with van der Waals surface area (Å²) in [4.78, 5) is 0. The molecule has 2 aromatic rings. The van der Waals surface area contributed by atoms with Crippen molar-refractivity contribution in [2.75, 3.05) is 0 Å². The van der Waals surface area contributed by atoms with E-state index < -0.39 is 0 Å². The van der Waals surface area contributed by atoms with Crippen LogP contribution in [0.15, 0.2) is 17.5 Å². The summed E-state index contributed by atoms with van der Waals surface area (Å²) in [5.74, 6) is 0. The van der Waals surface area contributed by atoms with Crippen LogP contribution in [-0.4, -0.2) is 0 Å². The van der Waals surface area contributed by atoms with Gasteiger partial charge in [-0.05, 0) is 47.1 Å². The van der Waals surface area contributed by atoms with Crippen molar-refractivity contribution < 1.29 is 0 Å². The summed E-state index contributed by atoms with van der Waals surface area (Å²) in [6.07, 6.45) is 1.14. The Kier molecular flexibility index (Phi) is 2.60. The highest BCUT2D eigenvalue weighted by atomic mass is 127. The SMILES string of the molecule is CCc1c(C)ccc2c(I)csc12. The zero-order valence-corrected chi connectivity index (χ0v) is 10.7. The van der Waals surface area contributed by atoms with E-state index in [1.165, 1.54) is 24.8 Å². The summed E-state index contributed by atoms with van der Waals surface area (Å²) in [5.41, 5.74) is 2.94. The lowest BCUT2D eigenvalue weighted by molar-refractivity contribution is 1.13. The van der Waals surface area contributed by atoms with Crippen LogP contribution in [-0.2, 0) is 6.42 Å². The number of benzene rings is 1. The van der Waals surface area contributed by atoms with Crippen LogP contribution in [0.3, 0.4) is 0 Å². The minimum Gasteiger partial charge on any atom is -0.142 e. The van der Waals surface area contributed by atoms with Gasteiger partial charge in [-0.25, -0.2) is 0 Å². The Bertz CT molecular complexity index is 443. The monoisotopic (exact) mass is 302 g/mol. The average Bonchev–Trinajstić information content (AvgIpc) is 2.48. The van der Waals surface area contributed by atoms with Crippen LogP contribution >= 0.6 is 33.9 Å². The maximum atomic E-state index is 2.41. The van der Waals surface area contributed by atoms with Gasteiger partial charge in [-0.3, -0.25) is 0 Å². The van der Waals surface area contributed by atoms with Gasteiger partial charge in [0.1, 0.15) is 0 Å². The predicted molar refractivity (Wildman–Crippen MR) is 68.7 cm³/mol. The third-order valence-electron chi connectivity index (χ3n) is 2.39. The number of aryl methyl sites for hydroxylation is 2. The lowest BCUT2D eigenvalue weighted by atomic mass is 10.0. The van der Waals surface area contributed by atoms with E-state index >= 15 is 0 Å². The van der Waals surface area contributed by atoms with E-state index in [9.17, 15) is 0 Å². The molecule has 2 heteroatoms. The maximum absolute atomic E-state index is 2.41. The Labute approximate surface area is 96.1 Å². The molecule has 1 aromatic carbocycles. The van der Waals surface area contributed by atoms with Gasteiger partial charge in [0.25, 0.3) is 0 Å². The number of hydrogen-bond acceptors (Lipinski definition) is 1.